The Balaban J connectivity index is 1.88. The molecule has 1 unspecified atom stereocenters. The summed E-state index contributed by atoms with van der Waals surface area (Å²) in [4.78, 5) is 32.2. The molecule has 7 nitrogen and oxygen atoms in total. The number of rotatable bonds is 8. The monoisotopic (exact) mass is 520 g/mol. The van der Waals surface area contributed by atoms with E-state index in [0.717, 1.165) is 22.4 Å². The van der Waals surface area contributed by atoms with Crippen LogP contribution in [0.3, 0.4) is 0 Å². The molecule has 0 aliphatic carbocycles. The number of hydrogen-bond donors (Lipinski definition) is 0. The number of hydrogen-bond acceptors (Lipinski definition) is 7. The normalized spacial score (nSPS) is 15.5. The third kappa shape index (κ3) is 5.45. The van der Waals surface area contributed by atoms with E-state index in [1.807, 2.05) is 55.5 Å². The number of allylic oxidation sites excluding steroid dienone is 1. The summed E-state index contributed by atoms with van der Waals surface area (Å²) >= 11 is 1.30. The summed E-state index contributed by atoms with van der Waals surface area (Å²) in [6, 6.07) is 13.2. The van der Waals surface area contributed by atoms with Crippen molar-refractivity contribution in [3.05, 3.63) is 95.7 Å². The van der Waals surface area contributed by atoms with Crippen molar-refractivity contribution in [3.8, 4) is 5.75 Å². The van der Waals surface area contributed by atoms with Gasteiger partial charge in [0, 0.05) is 7.11 Å². The maximum absolute atomic E-state index is 13.8. The van der Waals surface area contributed by atoms with Crippen LogP contribution < -0.4 is 19.6 Å². The predicted octanol–water partition coefficient (Wildman–Crippen LogP) is 3.87. The van der Waals surface area contributed by atoms with E-state index < -0.39 is 12.0 Å². The summed E-state index contributed by atoms with van der Waals surface area (Å²) in [6.07, 6.45) is 1.83. The molecule has 0 spiro atoms. The van der Waals surface area contributed by atoms with Gasteiger partial charge in [0.1, 0.15) is 12.4 Å². The van der Waals surface area contributed by atoms with Gasteiger partial charge in [0.05, 0.1) is 35.6 Å². The molecular formula is C29H32N2O5S. The minimum atomic E-state index is -0.651. The molecule has 0 bridgehead atoms. The van der Waals surface area contributed by atoms with Gasteiger partial charge >= 0.3 is 5.97 Å². The average Bonchev–Trinajstić information content (AvgIpc) is 3.18. The van der Waals surface area contributed by atoms with Crippen molar-refractivity contribution in [1.82, 2.24) is 4.57 Å². The number of carbonyl (C=O) groups excluding carboxylic acids is 1. The summed E-state index contributed by atoms with van der Waals surface area (Å²) in [5, 5.41) is 0. The van der Waals surface area contributed by atoms with Gasteiger partial charge in [0.2, 0.25) is 0 Å². The predicted molar refractivity (Wildman–Crippen MR) is 145 cm³/mol. The molecule has 0 amide bonds. The molecule has 1 aliphatic heterocycles. The third-order valence-corrected chi connectivity index (χ3v) is 7.39. The fourth-order valence-corrected chi connectivity index (χ4v) is 5.38. The Labute approximate surface area is 220 Å². The lowest BCUT2D eigenvalue weighted by molar-refractivity contribution is -0.140. The summed E-state index contributed by atoms with van der Waals surface area (Å²) in [7, 11) is 3.17. The quantitative estimate of drug-likeness (QED) is 0.333. The Hall–Kier alpha value is -3.49. The van der Waals surface area contributed by atoms with Gasteiger partial charge in [-0.25, -0.2) is 9.79 Å². The molecule has 4 rings (SSSR count). The molecule has 3 aromatic rings. The van der Waals surface area contributed by atoms with Crippen LogP contribution in [0.4, 0.5) is 0 Å². The molecule has 1 aromatic heterocycles. The van der Waals surface area contributed by atoms with Crippen LogP contribution in [0.15, 0.2) is 63.5 Å². The molecule has 37 heavy (non-hydrogen) atoms. The Bertz CT molecular complexity index is 1510. The van der Waals surface area contributed by atoms with Crippen LogP contribution in [-0.4, -0.2) is 38.0 Å². The molecule has 2 heterocycles. The second-order valence-corrected chi connectivity index (χ2v) is 10.3. The fraction of sp³-hybridized carbons (Fsp3) is 0.345. The van der Waals surface area contributed by atoms with Gasteiger partial charge in [-0.3, -0.25) is 9.36 Å². The van der Waals surface area contributed by atoms with Crippen molar-refractivity contribution >= 4 is 23.4 Å². The average molecular weight is 521 g/mol. The zero-order valence-electron chi connectivity index (χ0n) is 22.0. The van der Waals surface area contributed by atoms with Crippen molar-refractivity contribution in [2.45, 2.75) is 39.7 Å². The van der Waals surface area contributed by atoms with Gasteiger partial charge in [-0.2, -0.15) is 0 Å². The molecule has 1 atom stereocenters. The summed E-state index contributed by atoms with van der Waals surface area (Å²) in [5.74, 6) is 0.605. The SMILES string of the molecule is COCCOC(=O)C1=C(C)N=c2sc(=Cc3ccc(C)c(OC)c3)c(=O)n2C1c1ccc(C(C)C)cc1. The highest BCUT2D eigenvalue weighted by Crippen LogP contribution is 2.31. The third-order valence-electron chi connectivity index (χ3n) is 6.41. The van der Waals surface area contributed by atoms with Gasteiger partial charge in [-0.15, -0.1) is 0 Å². The van der Waals surface area contributed by atoms with Crippen molar-refractivity contribution < 1.29 is 19.0 Å². The molecule has 8 heteroatoms. The van der Waals surface area contributed by atoms with Crippen LogP contribution in [0.1, 0.15) is 55.0 Å². The van der Waals surface area contributed by atoms with Crippen LogP contribution in [0.25, 0.3) is 6.08 Å². The fourth-order valence-electron chi connectivity index (χ4n) is 4.33. The van der Waals surface area contributed by atoms with Gasteiger partial charge in [-0.05, 0) is 54.2 Å². The maximum atomic E-state index is 13.8. The minimum absolute atomic E-state index is 0.116. The van der Waals surface area contributed by atoms with Crippen LogP contribution in [-0.2, 0) is 14.3 Å². The highest BCUT2D eigenvalue weighted by Gasteiger charge is 2.33. The standard InChI is InChI=1S/C29H32N2O5S/c1-17(2)21-9-11-22(12-10-21)26-25(28(33)36-14-13-34-5)19(4)30-29-31(26)27(32)24(37-29)16-20-8-7-18(3)23(15-20)35-6/h7-12,15-17,26H,13-14H2,1-6H3. The number of benzene rings is 2. The first-order valence-electron chi connectivity index (χ1n) is 12.2. The first kappa shape index (κ1) is 26.6. The minimum Gasteiger partial charge on any atom is -0.496 e. The molecule has 2 aromatic carbocycles. The van der Waals surface area contributed by atoms with Gasteiger partial charge in [0.15, 0.2) is 4.80 Å². The lowest BCUT2D eigenvalue weighted by Crippen LogP contribution is -2.40. The number of nitrogens with zero attached hydrogens (tertiary/aromatic N) is 2. The van der Waals surface area contributed by atoms with Crippen LogP contribution in [0, 0.1) is 6.92 Å². The van der Waals surface area contributed by atoms with Gasteiger partial charge < -0.3 is 14.2 Å². The lowest BCUT2D eigenvalue weighted by atomic mass is 9.93. The summed E-state index contributed by atoms with van der Waals surface area (Å²) in [6.45, 7) is 8.40. The molecule has 0 fully saturated rings. The van der Waals surface area contributed by atoms with E-state index in [0.29, 0.717) is 26.5 Å². The van der Waals surface area contributed by atoms with Crippen LogP contribution in [0.5, 0.6) is 5.75 Å². The number of fused-ring (bicyclic) bond motifs is 1. The smallest absolute Gasteiger partial charge is 0.338 e. The number of carbonyl (C=O) groups is 1. The van der Waals surface area contributed by atoms with E-state index in [1.165, 1.54) is 16.9 Å². The molecule has 194 valence electrons. The zero-order chi connectivity index (χ0) is 26.7. The van der Waals surface area contributed by atoms with Crippen LogP contribution in [0.2, 0.25) is 0 Å². The van der Waals surface area contributed by atoms with E-state index in [-0.39, 0.29) is 18.8 Å². The maximum Gasteiger partial charge on any atom is 0.338 e. The lowest BCUT2D eigenvalue weighted by Gasteiger charge is -2.25. The molecule has 0 radical (unpaired) electrons. The van der Waals surface area contributed by atoms with Crippen molar-refractivity contribution in [1.29, 1.82) is 0 Å². The Morgan fingerprint density at radius 3 is 2.49 bits per heavy atom. The number of esters is 1. The highest BCUT2D eigenvalue weighted by atomic mass is 32.1. The van der Waals surface area contributed by atoms with E-state index in [1.54, 1.807) is 25.7 Å². The first-order valence-corrected chi connectivity index (χ1v) is 13.0. The van der Waals surface area contributed by atoms with E-state index in [2.05, 4.69) is 18.8 Å². The van der Waals surface area contributed by atoms with Crippen molar-refractivity contribution in [2.24, 2.45) is 4.99 Å². The van der Waals surface area contributed by atoms with E-state index in [4.69, 9.17) is 14.2 Å². The molecule has 0 saturated heterocycles. The first-order chi connectivity index (χ1) is 17.7. The zero-order valence-corrected chi connectivity index (χ0v) is 22.8. The second-order valence-electron chi connectivity index (χ2n) is 9.26. The number of thiazole rings is 1. The molecular weight excluding hydrogens is 488 g/mol. The number of methoxy groups -OCH3 is 2. The largest absolute Gasteiger partial charge is 0.496 e. The number of aromatic nitrogens is 1. The molecule has 0 saturated carbocycles. The molecule has 1 aliphatic rings. The summed E-state index contributed by atoms with van der Waals surface area (Å²) in [5.41, 5.74) is 4.53. The number of ether oxygens (including phenoxy) is 3. The van der Waals surface area contributed by atoms with Gasteiger partial charge in [-0.1, -0.05) is 61.6 Å². The highest BCUT2D eigenvalue weighted by molar-refractivity contribution is 7.07. The second kappa shape index (κ2) is 11.3. The Morgan fingerprint density at radius 2 is 1.84 bits per heavy atom. The Kier molecular flexibility index (Phi) is 8.10. The van der Waals surface area contributed by atoms with Crippen molar-refractivity contribution in [3.63, 3.8) is 0 Å². The van der Waals surface area contributed by atoms with Gasteiger partial charge in [0.25, 0.3) is 5.56 Å². The summed E-state index contributed by atoms with van der Waals surface area (Å²) < 4.78 is 18.1. The van der Waals surface area contributed by atoms with E-state index in [9.17, 15) is 9.59 Å². The topological polar surface area (TPSA) is 79.1 Å². The van der Waals surface area contributed by atoms with Crippen LogP contribution >= 0.6 is 11.3 Å². The van der Waals surface area contributed by atoms with Crippen molar-refractivity contribution in [2.75, 3.05) is 27.4 Å². The number of aryl methyl sites for hydroxylation is 1. The molecule has 0 N–H and O–H groups in total. The van der Waals surface area contributed by atoms with E-state index >= 15 is 0 Å². The Morgan fingerprint density at radius 1 is 1.11 bits per heavy atom.